The Labute approximate surface area is 125 Å². The first-order valence-electron chi connectivity index (χ1n) is 6.46. The lowest BCUT2D eigenvalue weighted by molar-refractivity contribution is -0.137. The first-order valence-corrected chi connectivity index (χ1v) is 6.46. The van der Waals surface area contributed by atoms with E-state index in [1.807, 2.05) is 0 Å². The lowest BCUT2D eigenvalue weighted by atomic mass is 10.1. The van der Waals surface area contributed by atoms with Gasteiger partial charge in [-0.15, -0.1) is 0 Å². The number of hydrogen-bond acceptors (Lipinski definition) is 2. The van der Waals surface area contributed by atoms with Crippen molar-refractivity contribution in [1.29, 1.82) is 0 Å². The van der Waals surface area contributed by atoms with Crippen LogP contribution in [0.4, 0.5) is 18.9 Å². The van der Waals surface area contributed by atoms with Crippen LogP contribution in [0.1, 0.15) is 21.5 Å². The molecule has 1 N–H and O–H groups in total. The second kappa shape index (κ2) is 6.62. The van der Waals surface area contributed by atoms with E-state index in [9.17, 15) is 18.0 Å². The lowest BCUT2D eigenvalue weighted by Crippen LogP contribution is -2.13. The summed E-state index contributed by atoms with van der Waals surface area (Å²) in [6.07, 6.45) is -4.44. The zero-order chi connectivity index (χ0) is 16.2. The number of hydrogen-bond donors (Lipinski definition) is 1. The van der Waals surface area contributed by atoms with Crippen molar-refractivity contribution < 1.29 is 22.7 Å². The summed E-state index contributed by atoms with van der Waals surface area (Å²) in [5.41, 5.74) is 0.553. The van der Waals surface area contributed by atoms with Gasteiger partial charge in [0.05, 0.1) is 12.2 Å². The van der Waals surface area contributed by atoms with E-state index in [-0.39, 0.29) is 5.69 Å². The van der Waals surface area contributed by atoms with E-state index in [2.05, 4.69) is 5.32 Å². The quantitative estimate of drug-likeness (QED) is 0.923. The van der Waals surface area contributed by atoms with Crippen LogP contribution in [0.3, 0.4) is 0 Å². The SMILES string of the molecule is COCc1ccc(C(=O)Nc2cccc(C(F)(F)F)c2)cc1. The van der Waals surface area contributed by atoms with Gasteiger partial charge in [-0.2, -0.15) is 13.2 Å². The van der Waals surface area contributed by atoms with Crippen LogP contribution in [0.15, 0.2) is 48.5 Å². The van der Waals surface area contributed by atoms with E-state index >= 15 is 0 Å². The van der Waals surface area contributed by atoms with Crippen LogP contribution < -0.4 is 5.32 Å². The van der Waals surface area contributed by atoms with Crippen LogP contribution in [0.5, 0.6) is 0 Å². The Morgan fingerprint density at radius 2 is 1.82 bits per heavy atom. The molecule has 0 fully saturated rings. The van der Waals surface area contributed by atoms with E-state index in [4.69, 9.17) is 4.74 Å². The molecule has 0 radical (unpaired) electrons. The van der Waals surface area contributed by atoms with Crippen molar-refractivity contribution in [2.75, 3.05) is 12.4 Å². The van der Waals surface area contributed by atoms with Crippen molar-refractivity contribution in [1.82, 2.24) is 0 Å². The number of nitrogens with one attached hydrogen (secondary N) is 1. The van der Waals surface area contributed by atoms with E-state index in [1.165, 1.54) is 12.1 Å². The molecule has 0 unspecified atom stereocenters. The third kappa shape index (κ3) is 4.08. The average Bonchev–Trinajstić information content (AvgIpc) is 2.48. The van der Waals surface area contributed by atoms with Crippen LogP contribution in [-0.2, 0) is 17.5 Å². The number of alkyl halides is 3. The van der Waals surface area contributed by atoms with Crippen molar-refractivity contribution in [3.63, 3.8) is 0 Å². The van der Waals surface area contributed by atoms with Crippen LogP contribution in [0.2, 0.25) is 0 Å². The molecule has 0 heterocycles. The molecule has 3 nitrogen and oxygen atoms in total. The van der Waals surface area contributed by atoms with Crippen LogP contribution >= 0.6 is 0 Å². The predicted molar refractivity (Wildman–Crippen MR) is 76.6 cm³/mol. The van der Waals surface area contributed by atoms with Gasteiger partial charge in [-0.1, -0.05) is 18.2 Å². The summed E-state index contributed by atoms with van der Waals surface area (Å²) in [5.74, 6) is -0.469. The van der Waals surface area contributed by atoms with Gasteiger partial charge < -0.3 is 10.1 Å². The molecule has 0 bridgehead atoms. The number of carbonyl (C=O) groups is 1. The number of halogens is 3. The van der Waals surface area contributed by atoms with Gasteiger partial charge >= 0.3 is 6.18 Å². The fourth-order valence-corrected chi connectivity index (χ4v) is 1.90. The normalized spacial score (nSPS) is 11.3. The second-order valence-electron chi connectivity index (χ2n) is 4.66. The molecule has 116 valence electrons. The van der Waals surface area contributed by atoms with Crippen molar-refractivity contribution in [2.45, 2.75) is 12.8 Å². The number of methoxy groups -OCH3 is 1. The van der Waals surface area contributed by atoms with Crippen LogP contribution in [-0.4, -0.2) is 13.0 Å². The molecule has 0 aliphatic carbocycles. The third-order valence-corrected chi connectivity index (χ3v) is 2.97. The number of carbonyl (C=O) groups excluding carboxylic acids is 1. The largest absolute Gasteiger partial charge is 0.416 e. The standard InChI is InChI=1S/C16H14F3NO2/c1-22-10-11-5-7-12(8-6-11)15(21)20-14-4-2-3-13(9-14)16(17,18)19/h2-9H,10H2,1H3,(H,20,21). The maximum atomic E-state index is 12.6. The van der Waals surface area contributed by atoms with Gasteiger partial charge in [-0.3, -0.25) is 4.79 Å². The van der Waals surface area contributed by atoms with E-state index < -0.39 is 17.6 Å². The lowest BCUT2D eigenvalue weighted by Gasteiger charge is -2.10. The minimum absolute atomic E-state index is 0.0980. The molecule has 0 saturated heterocycles. The molecule has 6 heteroatoms. The molecule has 0 saturated carbocycles. The Bertz CT molecular complexity index is 651. The number of amides is 1. The highest BCUT2D eigenvalue weighted by atomic mass is 19.4. The van der Waals surface area contributed by atoms with Crippen molar-refractivity contribution >= 4 is 11.6 Å². The molecule has 1 amide bonds. The van der Waals surface area contributed by atoms with Crippen molar-refractivity contribution in [2.24, 2.45) is 0 Å². The summed E-state index contributed by atoms with van der Waals surface area (Å²) in [7, 11) is 1.56. The zero-order valence-electron chi connectivity index (χ0n) is 11.8. The van der Waals surface area contributed by atoms with Gasteiger partial charge in [0, 0.05) is 18.4 Å². The van der Waals surface area contributed by atoms with E-state index in [0.29, 0.717) is 12.2 Å². The molecule has 2 rings (SSSR count). The highest BCUT2D eigenvalue weighted by Crippen LogP contribution is 2.30. The summed E-state index contributed by atoms with van der Waals surface area (Å²) in [6, 6.07) is 11.2. The smallest absolute Gasteiger partial charge is 0.380 e. The summed E-state index contributed by atoms with van der Waals surface area (Å²) < 4.78 is 42.8. The highest BCUT2D eigenvalue weighted by Gasteiger charge is 2.30. The van der Waals surface area contributed by atoms with Gasteiger partial charge in [0.25, 0.3) is 5.91 Å². The number of benzene rings is 2. The van der Waals surface area contributed by atoms with Crippen LogP contribution in [0, 0.1) is 0 Å². The Morgan fingerprint density at radius 1 is 1.14 bits per heavy atom. The molecule has 22 heavy (non-hydrogen) atoms. The minimum atomic E-state index is -4.44. The van der Waals surface area contributed by atoms with Gasteiger partial charge in [0.15, 0.2) is 0 Å². The minimum Gasteiger partial charge on any atom is -0.380 e. The Hall–Kier alpha value is -2.34. The molecule has 2 aromatic carbocycles. The van der Waals surface area contributed by atoms with Gasteiger partial charge in [0.1, 0.15) is 0 Å². The van der Waals surface area contributed by atoms with Crippen molar-refractivity contribution in [3.05, 3.63) is 65.2 Å². The molecular weight excluding hydrogens is 295 g/mol. The maximum absolute atomic E-state index is 12.6. The maximum Gasteiger partial charge on any atom is 0.416 e. The van der Waals surface area contributed by atoms with E-state index in [1.54, 1.807) is 31.4 Å². The first-order chi connectivity index (χ1) is 10.4. The highest BCUT2D eigenvalue weighted by molar-refractivity contribution is 6.04. The van der Waals surface area contributed by atoms with Gasteiger partial charge in [-0.05, 0) is 35.9 Å². The zero-order valence-corrected chi connectivity index (χ0v) is 11.8. The number of ether oxygens (including phenoxy) is 1. The van der Waals surface area contributed by atoms with Gasteiger partial charge in [-0.25, -0.2) is 0 Å². The fraction of sp³-hybridized carbons (Fsp3) is 0.188. The third-order valence-electron chi connectivity index (χ3n) is 2.97. The van der Waals surface area contributed by atoms with Crippen molar-refractivity contribution in [3.8, 4) is 0 Å². The molecule has 2 aromatic rings. The first kappa shape index (κ1) is 16.0. The molecule has 0 atom stereocenters. The fourth-order valence-electron chi connectivity index (χ4n) is 1.90. The molecule has 0 spiro atoms. The topological polar surface area (TPSA) is 38.3 Å². The number of rotatable bonds is 4. The summed E-state index contributed by atoms with van der Waals surface area (Å²) in [4.78, 5) is 12.0. The second-order valence-corrected chi connectivity index (χ2v) is 4.66. The summed E-state index contributed by atoms with van der Waals surface area (Å²) in [6.45, 7) is 0.426. The van der Waals surface area contributed by atoms with E-state index in [0.717, 1.165) is 17.7 Å². The molecule has 0 aromatic heterocycles. The Kier molecular flexibility index (Phi) is 4.82. The summed E-state index contributed by atoms with van der Waals surface area (Å²) in [5, 5.41) is 2.45. The van der Waals surface area contributed by atoms with Crippen LogP contribution in [0.25, 0.3) is 0 Å². The Morgan fingerprint density at radius 3 is 2.41 bits per heavy atom. The molecule has 0 aliphatic heterocycles. The molecule has 0 aliphatic rings. The monoisotopic (exact) mass is 309 g/mol. The number of anilines is 1. The predicted octanol–water partition coefficient (Wildman–Crippen LogP) is 4.10. The molecular formula is C16H14F3NO2. The summed E-state index contributed by atoms with van der Waals surface area (Å²) >= 11 is 0. The average molecular weight is 309 g/mol. The Balaban J connectivity index is 2.11. The van der Waals surface area contributed by atoms with Gasteiger partial charge in [0.2, 0.25) is 0 Å².